The first-order chi connectivity index (χ1) is 8.61. The van der Waals surface area contributed by atoms with Gasteiger partial charge in [0, 0.05) is 6.54 Å². The van der Waals surface area contributed by atoms with Crippen LogP contribution in [-0.4, -0.2) is 19.7 Å². The van der Waals surface area contributed by atoms with Crippen molar-refractivity contribution in [2.45, 2.75) is 40.5 Å². The van der Waals surface area contributed by atoms with Gasteiger partial charge >= 0.3 is 0 Å². The lowest BCUT2D eigenvalue weighted by Crippen LogP contribution is -2.22. The summed E-state index contributed by atoms with van der Waals surface area (Å²) in [7, 11) is 0. The fourth-order valence-electron chi connectivity index (χ4n) is 2.01. The van der Waals surface area contributed by atoms with Crippen molar-refractivity contribution in [1.29, 1.82) is 0 Å². The van der Waals surface area contributed by atoms with Gasteiger partial charge in [-0.2, -0.15) is 0 Å². The number of aryl methyl sites for hydroxylation is 2. The van der Waals surface area contributed by atoms with Crippen molar-refractivity contribution < 1.29 is 4.74 Å². The van der Waals surface area contributed by atoms with Crippen LogP contribution in [0, 0.1) is 19.8 Å². The van der Waals surface area contributed by atoms with E-state index in [0.717, 1.165) is 31.4 Å². The van der Waals surface area contributed by atoms with Crippen LogP contribution in [-0.2, 0) is 0 Å². The average molecular weight is 249 g/mol. The van der Waals surface area contributed by atoms with Crippen LogP contribution in [0.15, 0.2) is 18.2 Å². The van der Waals surface area contributed by atoms with Gasteiger partial charge in [0.1, 0.15) is 12.4 Å². The molecule has 0 aliphatic heterocycles. The van der Waals surface area contributed by atoms with E-state index < -0.39 is 0 Å². The standard InChI is InChI=1S/C16H27NO/c1-13(2)7-6-10-17-11-12-18-16-14(3)8-5-9-15(16)4/h5,8-9,13,17H,6-7,10-12H2,1-4H3. The van der Waals surface area contributed by atoms with Gasteiger partial charge in [-0.1, -0.05) is 32.0 Å². The molecule has 2 heteroatoms. The summed E-state index contributed by atoms with van der Waals surface area (Å²) < 4.78 is 5.83. The molecule has 0 bridgehead atoms. The second-order valence-electron chi connectivity index (χ2n) is 5.36. The van der Waals surface area contributed by atoms with Gasteiger partial charge in [-0.15, -0.1) is 0 Å². The molecule has 0 spiro atoms. The third-order valence-electron chi connectivity index (χ3n) is 3.07. The minimum absolute atomic E-state index is 0.743. The lowest BCUT2D eigenvalue weighted by Gasteiger charge is -2.12. The van der Waals surface area contributed by atoms with Gasteiger partial charge < -0.3 is 10.1 Å². The molecule has 0 saturated heterocycles. The number of benzene rings is 1. The normalized spacial score (nSPS) is 10.9. The Bertz CT molecular complexity index is 327. The summed E-state index contributed by atoms with van der Waals surface area (Å²) in [6.45, 7) is 11.5. The average Bonchev–Trinajstić information content (AvgIpc) is 2.30. The summed E-state index contributed by atoms with van der Waals surface area (Å²) in [4.78, 5) is 0. The summed E-state index contributed by atoms with van der Waals surface area (Å²) in [6, 6.07) is 6.26. The molecule has 0 atom stereocenters. The molecule has 0 aromatic heterocycles. The molecule has 1 N–H and O–H groups in total. The Morgan fingerprint density at radius 2 is 1.78 bits per heavy atom. The van der Waals surface area contributed by atoms with Crippen molar-refractivity contribution in [2.24, 2.45) is 5.92 Å². The van der Waals surface area contributed by atoms with Crippen LogP contribution in [0.3, 0.4) is 0 Å². The van der Waals surface area contributed by atoms with Crippen LogP contribution in [0.1, 0.15) is 37.8 Å². The Hall–Kier alpha value is -1.02. The summed E-state index contributed by atoms with van der Waals surface area (Å²) in [6.07, 6.45) is 2.55. The summed E-state index contributed by atoms with van der Waals surface area (Å²) in [5.41, 5.74) is 2.43. The highest BCUT2D eigenvalue weighted by molar-refractivity contribution is 5.39. The van der Waals surface area contributed by atoms with Crippen LogP contribution >= 0.6 is 0 Å². The Labute approximate surface area is 112 Å². The van der Waals surface area contributed by atoms with Gasteiger partial charge in [0.15, 0.2) is 0 Å². The minimum atomic E-state index is 0.743. The van der Waals surface area contributed by atoms with Gasteiger partial charge in [-0.3, -0.25) is 0 Å². The molecule has 2 nitrogen and oxygen atoms in total. The zero-order valence-electron chi connectivity index (χ0n) is 12.3. The van der Waals surface area contributed by atoms with E-state index in [9.17, 15) is 0 Å². The second-order valence-corrected chi connectivity index (χ2v) is 5.36. The van der Waals surface area contributed by atoms with Crippen LogP contribution in [0.4, 0.5) is 0 Å². The number of hydrogen-bond donors (Lipinski definition) is 1. The van der Waals surface area contributed by atoms with Crippen molar-refractivity contribution in [1.82, 2.24) is 5.32 Å². The minimum Gasteiger partial charge on any atom is -0.492 e. The van der Waals surface area contributed by atoms with Gasteiger partial charge in [-0.05, 0) is 50.3 Å². The third-order valence-corrected chi connectivity index (χ3v) is 3.07. The smallest absolute Gasteiger partial charge is 0.125 e. The first-order valence-corrected chi connectivity index (χ1v) is 7.01. The molecular formula is C16H27NO. The van der Waals surface area contributed by atoms with Crippen LogP contribution < -0.4 is 10.1 Å². The third kappa shape index (κ3) is 5.54. The molecule has 102 valence electrons. The molecule has 1 rings (SSSR count). The number of nitrogens with one attached hydrogen (secondary N) is 1. The second kappa shape index (κ2) is 8.15. The van der Waals surface area contributed by atoms with Gasteiger partial charge in [0.2, 0.25) is 0 Å². The van der Waals surface area contributed by atoms with E-state index >= 15 is 0 Å². The van der Waals surface area contributed by atoms with Crippen LogP contribution in [0.25, 0.3) is 0 Å². The molecule has 0 aliphatic carbocycles. The Balaban J connectivity index is 2.14. The van der Waals surface area contributed by atoms with Crippen LogP contribution in [0.5, 0.6) is 5.75 Å². The molecular weight excluding hydrogens is 222 g/mol. The largest absolute Gasteiger partial charge is 0.492 e. The van der Waals surface area contributed by atoms with Crippen molar-refractivity contribution in [2.75, 3.05) is 19.7 Å². The summed E-state index contributed by atoms with van der Waals surface area (Å²) in [5, 5.41) is 3.42. The monoisotopic (exact) mass is 249 g/mol. The maximum Gasteiger partial charge on any atom is 0.125 e. The van der Waals surface area contributed by atoms with Gasteiger partial charge in [0.25, 0.3) is 0 Å². The first kappa shape index (κ1) is 15.0. The Kier molecular flexibility index (Phi) is 6.81. The fraction of sp³-hybridized carbons (Fsp3) is 0.625. The SMILES string of the molecule is Cc1cccc(C)c1OCCNCCCC(C)C. The topological polar surface area (TPSA) is 21.3 Å². The Morgan fingerprint density at radius 3 is 2.39 bits per heavy atom. The molecule has 0 radical (unpaired) electrons. The molecule has 0 fully saturated rings. The van der Waals surface area contributed by atoms with Crippen molar-refractivity contribution in [3.05, 3.63) is 29.3 Å². The lowest BCUT2D eigenvalue weighted by atomic mass is 10.1. The maximum absolute atomic E-state index is 5.83. The maximum atomic E-state index is 5.83. The van der Waals surface area contributed by atoms with Crippen molar-refractivity contribution in [3.8, 4) is 5.75 Å². The van der Waals surface area contributed by atoms with E-state index in [-0.39, 0.29) is 0 Å². The van der Waals surface area contributed by atoms with E-state index in [0.29, 0.717) is 0 Å². The molecule has 1 aromatic rings. The van der Waals surface area contributed by atoms with E-state index in [2.05, 4.69) is 51.2 Å². The highest BCUT2D eigenvalue weighted by atomic mass is 16.5. The van der Waals surface area contributed by atoms with Crippen molar-refractivity contribution >= 4 is 0 Å². The zero-order valence-corrected chi connectivity index (χ0v) is 12.3. The number of ether oxygens (including phenoxy) is 1. The summed E-state index contributed by atoms with van der Waals surface area (Å²) in [5.74, 6) is 1.85. The van der Waals surface area contributed by atoms with E-state index in [1.165, 1.54) is 24.0 Å². The molecule has 0 amide bonds. The van der Waals surface area contributed by atoms with Gasteiger partial charge in [0.05, 0.1) is 0 Å². The highest BCUT2D eigenvalue weighted by Gasteiger charge is 2.02. The van der Waals surface area contributed by atoms with Gasteiger partial charge in [-0.25, -0.2) is 0 Å². The summed E-state index contributed by atoms with van der Waals surface area (Å²) >= 11 is 0. The van der Waals surface area contributed by atoms with E-state index in [4.69, 9.17) is 4.74 Å². The predicted molar refractivity (Wildman–Crippen MR) is 78.4 cm³/mol. The predicted octanol–water partition coefficient (Wildman–Crippen LogP) is 3.71. The van der Waals surface area contributed by atoms with Crippen LogP contribution in [0.2, 0.25) is 0 Å². The first-order valence-electron chi connectivity index (χ1n) is 7.01. The zero-order chi connectivity index (χ0) is 13.4. The molecule has 0 aliphatic rings. The highest BCUT2D eigenvalue weighted by Crippen LogP contribution is 2.21. The van der Waals surface area contributed by atoms with E-state index in [1.54, 1.807) is 0 Å². The molecule has 0 saturated carbocycles. The molecule has 0 heterocycles. The van der Waals surface area contributed by atoms with Crippen molar-refractivity contribution in [3.63, 3.8) is 0 Å². The lowest BCUT2D eigenvalue weighted by molar-refractivity contribution is 0.309. The Morgan fingerprint density at radius 1 is 1.11 bits per heavy atom. The number of para-hydroxylation sites is 1. The fourth-order valence-corrected chi connectivity index (χ4v) is 2.01. The number of rotatable bonds is 8. The van der Waals surface area contributed by atoms with E-state index in [1.807, 2.05) is 0 Å². The molecule has 1 aromatic carbocycles. The molecule has 0 unspecified atom stereocenters. The quantitative estimate of drug-likeness (QED) is 0.709. The molecule has 18 heavy (non-hydrogen) atoms. The number of hydrogen-bond acceptors (Lipinski definition) is 2.